The summed E-state index contributed by atoms with van der Waals surface area (Å²) in [7, 11) is 0. The molecule has 1 nitrogen and oxygen atoms in total. The van der Waals surface area contributed by atoms with Gasteiger partial charge in [-0.15, -0.1) is 0 Å². The summed E-state index contributed by atoms with van der Waals surface area (Å²) in [5.41, 5.74) is 0. The Hall–Kier alpha value is -0.330. The van der Waals surface area contributed by atoms with Crippen LogP contribution < -0.4 is 0 Å². The van der Waals surface area contributed by atoms with Crippen molar-refractivity contribution in [3.63, 3.8) is 0 Å². The zero-order valence-electron chi connectivity index (χ0n) is 9.88. The van der Waals surface area contributed by atoms with E-state index in [0.717, 1.165) is 31.6 Å². The minimum absolute atomic E-state index is 0.403. The first-order valence-corrected chi connectivity index (χ1v) is 6.16. The summed E-state index contributed by atoms with van der Waals surface area (Å²) < 4.78 is 0. The highest BCUT2D eigenvalue weighted by Gasteiger charge is 2.24. The zero-order valence-corrected chi connectivity index (χ0v) is 9.88. The summed E-state index contributed by atoms with van der Waals surface area (Å²) in [6.45, 7) is 6.65. The van der Waals surface area contributed by atoms with E-state index in [4.69, 9.17) is 0 Å². The van der Waals surface area contributed by atoms with Gasteiger partial charge < -0.3 is 0 Å². The second-order valence-electron chi connectivity index (χ2n) is 5.14. The highest BCUT2D eigenvalue weighted by Crippen LogP contribution is 2.30. The van der Waals surface area contributed by atoms with Gasteiger partial charge in [0.2, 0.25) is 0 Å². The molecule has 1 aliphatic rings. The summed E-state index contributed by atoms with van der Waals surface area (Å²) in [5.74, 6) is 2.37. The van der Waals surface area contributed by atoms with Gasteiger partial charge in [0.15, 0.2) is 0 Å². The van der Waals surface area contributed by atoms with Crippen LogP contribution in [0.5, 0.6) is 0 Å². The molecule has 1 fully saturated rings. The Labute approximate surface area is 88.3 Å². The van der Waals surface area contributed by atoms with E-state index in [2.05, 4.69) is 20.8 Å². The fraction of sp³-hybridized carbons (Fsp3) is 0.923. The molecule has 1 rings (SSSR count). The minimum atomic E-state index is 0.403. The molecule has 0 aromatic heterocycles. The molecular weight excluding hydrogens is 172 g/mol. The van der Waals surface area contributed by atoms with E-state index in [9.17, 15) is 4.79 Å². The Kier molecular flexibility index (Phi) is 4.64. The molecule has 1 aliphatic carbocycles. The van der Waals surface area contributed by atoms with E-state index in [1.54, 1.807) is 0 Å². The fourth-order valence-corrected chi connectivity index (χ4v) is 2.24. The van der Waals surface area contributed by atoms with Gasteiger partial charge in [-0.2, -0.15) is 0 Å². The molecule has 14 heavy (non-hydrogen) atoms. The molecule has 0 aliphatic heterocycles. The third-order valence-corrected chi connectivity index (χ3v) is 3.72. The predicted octanol–water partition coefficient (Wildman–Crippen LogP) is 3.82. The quantitative estimate of drug-likeness (QED) is 0.668. The van der Waals surface area contributed by atoms with Crippen molar-refractivity contribution in [3.8, 4) is 0 Å². The van der Waals surface area contributed by atoms with Gasteiger partial charge in [0.1, 0.15) is 5.78 Å². The SMILES string of the molecule is CCC(C)CC(=O)C1CCC(C)CC1. The van der Waals surface area contributed by atoms with E-state index >= 15 is 0 Å². The molecule has 0 aromatic carbocycles. The van der Waals surface area contributed by atoms with Crippen molar-refractivity contribution in [2.24, 2.45) is 17.8 Å². The second-order valence-corrected chi connectivity index (χ2v) is 5.14. The van der Waals surface area contributed by atoms with Crippen LogP contribution in [0.3, 0.4) is 0 Å². The Balaban J connectivity index is 2.30. The monoisotopic (exact) mass is 196 g/mol. The smallest absolute Gasteiger partial charge is 0.136 e. The summed E-state index contributed by atoms with van der Waals surface area (Å²) in [6.07, 6.45) is 6.77. The highest BCUT2D eigenvalue weighted by molar-refractivity contribution is 5.81. The van der Waals surface area contributed by atoms with Gasteiger partial charge in [0.25, 0.3) is 0 Å². The number of hydrogen-bond donors (Lipinski definition) is 0. The van der Waals surface area contributed by atoms with E-state index < -0.39 is 0 Å². The van der Waals surface area contributed by atoms with Crippen molar-refractivity contribution in [1.82, 2.24) is 0 Å². The molecule has 1 atom stereocenters. The maximum Gasteiger partial charge on any atom is 0.136 e. The number of hydrogen-bond acceptors (Lipinski definition) is 1. The van der Waals surface area contributed by atoms with Crippen molar-refractivity contribution in [2.75, 3.05) is 0 Å². The Morgan fingerprint density at radius 1 is 1.29 bits per heavy atom. The van der Waals surface area contributed by atoms with Gasteiger partial charge in [0, 0.05) is 12.3 Å². The lowest BCUT2D eigenvalue weighted by molar-refractivity contribution is -0.124. The molecule has 0 amide bonds. The third kappa shape index (κ3) is 3.43. The lowest BCUT2D eigenvalue weighted by atomic mass is 9.79. The molecular formula is C13H24O. The maximum atomic E-state index is 11.9. The molecule has 0 aromatic rings. The summed E-state index contributed by atoms with van der Waals surface area (Å²) in [6, 6.07) is 0. The summed E-state index contributed by atoms with van der Waals surface area (Å²) in [4.78, 5) is 11.9. The maximum absolute atomic E-state index is 11.9. The number of rotatable bonds is 4. The number of Topliss-reactive ketones (excluding diaryl/α,β-unsaturated/α-hetero) is 1. The number of ketones is 1. The first kappa shape index (κ1) is 11.7. The molecule has 0 bridgehead atoms. The lowest BCUT2D eigenvalue weighted by Crippen LogP contribution is -2.22. The van der Waals surface area contributed by atoms with E-state index in [1.807, 2.05) is 0 Å². The van der Waals surface area contributed by atoms with Gasteiger partial charge in [-0.25, -0.2) is 0 Å². The van der Waals surface area contributed by atoms with Crippen LogP contribution in [0, 0.1) is 17.8 Å². The van der Waals surface area contributed by atoms with Crippen molar-refractivity contribution in [1.29, 1.82) is 0 Å². The van der Waals surface area contributed by atoms with Crippen LogP contribution in [0.4, 0.5) is 0 Å². The summed E-state index contributed by atoms with van der Waals surface area (Å²) in [5, 5.41) is 0. The topological polar surface area (TPSA) is 17.1 Å². The molecule has 1 heteroatoms. The van der Waals surface area contributed by atoms with Gasteiger partial charge in [0.05, 0.1) is 0 Å². The molecule has 0 N–H and O–H groups in total. The molecule has 0 spiro atoms. The van der Waals surface area contributed by atoms with Crippen LogP contribution in [-0.4, -0.2) is 5.78 Å². The van der Waals surface area contributed by atoms with Gasteiger partial charge >= 0.3 is 0 Å². The Morgan fingerprint density at radius 2 is 1.86 bits per heavy atom. The first-order valence-electron chi connectivity index (χ1n) is 6.16. The van der Waals surface area contributed by atoms with Crippen LogP contribution in [0.2, 0.25) is 0 Å². The van der Waals surface area contributed by atoms with Crippen LogP contribution >= 0.6 is 0 Å². The molecule has 1 saturated carbocycles. The lowest BCUT2D eigenvalue weighted by Gasteiger charge is -2.25. The highest BCUT2D eigenvalue weighted by atomic mass is 16.1. The predicted molar refractivity (Wildman–Crippen MR) is 60.2 cm³/mol. The molecule has 1 unspecified atom stereocenters. The molecule has 82 valence electrons. The largest absolute Gasteiger partial charge is 0.299 e. The minimum Gasteiger partial charge on any atom is -0.299 e. The molecule has 0 radical (unpaired) electrons. The van der Waals surface area contributed by atoms with Crippen molar-refractivity contribution < 1.29 is 4.79 Å². The van der Waals surface area contributed by atoms with Crippen molar-refractivity contribution in [3.05, 3.63) is 0 Å². The van der Waals surface area contributed by atoms with Crippen LogP contribution in [0.15, 0.2) is 0 Å². The number of carbonyl (C=O) groups excluding carboxylic acids is 1. The van der Waals surface area contributed by atoms with Crippen LogP contribution in [0.1, 0.15) is 59.3 Å². The van der Waals surface area contributed by atoms with E-state index in [0.29, 0.717) is 17.6 Å². The summed E-state index contributed by atoms with van der Waals surface area (Å²) >= 11 is 0. The normalized spacial score (nSPS) is 29.9. The second kappa shape index (κ2) is 5.53. The third-order valence-electron chi connectivity index (χ3n) is 3.72. The van der Waals surface area contributed by atoms with Crippen molar-refractivity contribution >= 4 is 5.78 Å². The molecule has 0 saturated heterocycles. The first-order chi connectivity index (χ1) is 6.63. The number of carbonyl (C=O) groups is 1. The zero-order chi connectivity index (χ0) is 10.6. The molecule has 0 heterocycles. The Morgan fingerprint density at radius 3 is 2.36 bits per heavy atom. The van der Waals surface area contributed by atoms with Crippen LogP contribution in [-0.2, 0) is 4.79 Å². The standard InChI is InChI=1S/C13H24O/c1-4-10(2)9-13(14)12-7-5-11(3)6-8-12/h10-12H,4-9H2,1-3H3. The van der Waals surface area contributed by atoms with Gasteiger partial charge in [-0.1, -0.05) is 40.0 Å². The van der Waals surface area contributed by atoms with Crippen molar-refractivity contribution in [2.45, 2.75) is 59.3 Å². The fourth-order valence-electron chi connectivity index (χ4n) is 2.24. The van der Waals surface area contributed by atoms with Gasteiger partial charge in [-0.3, -0.25) is 4.79 Å². The Bertz CT molecular complexity index is 178. The average Bonchev–Trinajstić information content (AvgIpc) is 2.18. The van der Waals surface area contributed by atoms with E-state index in [1.165, 1.54) is 12.8 Å². The van der Waals surface area contributed by atoms with E-state index in [-0.39, 0.29) is 0 Å². The van der Waals surface area contributed by atoms with Crippen LogP contribution in [0.25, 0.3) is 0 Å². The average molecular weight is 196 g/mol. The van der Waals surface area contributed by atoms with Gasteiger partial charge in [-0.05, 0) is 24.7 Å².